The van der Waals surface area contributed by atoms with Gasteiger partial charge in [-0.15, -0.1) is 0 Å². The molecule has 0 heterocycles. The second-order valence-corrected chi connectivity index (χ2v) is 3.78. The van der Waals surface area contributed by atoms with E-state index in [1.54, 1.807) is 7.11 Å². The molecule has 0 aliphatic heterocycles. The Morgan fingerprint density at radius 1 is 1.60 bits per heavy atom. The highest BCUT2D eigenvalue weighted by Crippen LogP contribution is 2.34. The number of rotatable bonds is 6. The molecule has 0 aromatic carbocycles. The number of carbonyl (C=O) groups is 1. The fourth-order valence-electron chi connectivity index (χ4n) is 1.63. The first-order valence-corrected chi connectivity index (χ1v) is 5.12. The number of nitrogens with zero attached hydrogens (tertiary/aromatic N) is 1. The van der Waals surface area contributed by atoms with Crippen LogP contribution in [0, 0.1) is 11.3 Å². The van der Waals surface area contributed by atoms with Gasteiger partial charge >= 0.3 is 0 Å². The zero-order chi connectivity index (χ0) is 11.1. The largest absolute Gasteiger partial charge is 0.377 e. The third kappa shape index (κ3) is 3.50. The van der Waals surface area contributed by atoms with E-state index in [0.717, 1.165) is 12.8 Å². The molecule has 84 valence electrons. The second-order valence-electron chi connectivity index (χ2n) is 3.78. The SMILES string of the molecule is COC1(CNCC(=O)NCC#N)CCC1. The Hall–Kier alpha value is -1.12. The van der Waals surface area contributed by atoms with Gasteiger partial charge in [0.15, 0.2) is 0 Å². The third-order valence-corrected chi connectivity index (χ3v) is 2.80. The van der Waals surface area contributed by atoms with Crippen LogP contribution in [0.25, 0.3) is 0 Å². The van der Waals surface area contributed by atoms with Crippen LogP contribution in [0.4, 0.5) is 0 Å². The average Bonchev–Trinajstić information content (AvgIpc) is 2.19. The van der Waals surface area contributed by atoms with Crippen molar-refractivity contribution < 1.29 is 9.53 Å². The summed E-state index contributed by atoms with van der Waals surface area (Å²) in [6.07, 6.45) is 3.29. The summed E-state index contributed by atoms with van der Waals surface area (Å²) in [6, 6.07) is 1.85. The van der Waals surface area contributed by atoms with Crippen LogP contribution in [0.15, 0.2) is 0 Å². The van der Waals surface area contributed by atoms with Gasteiger partial charge in [0.25, 0.3) is 0 Å². The molecule has 0 saturated heterocycles. The van der Waals surface area contributed by atoms with E-state index in [9.17, 15) is 4.79 Å². The Labute approximate surface area is 89.8 Å². The van der Waals surface area contributed by atoms with E-state index in [2.05, 4.69) is 10.6 Å². The lowest BCUT2D eigenvalue weighted by atomic mass is 9.80. The lowest BCUT2D eigenvalue weighted by molar-refractivity contribution is -0.120. The predicted octanol–water partition coefficient (Wildman–Crippen LogP) is -0.215. The maximum absolute atomic E-state index is 11.1. The van der Waals surface area contributed by atoms with E-state index in [-0.39, 0.29) is 24.6 Å². The molecule has 0 radical (unpaired) electrons. The van der Waals surface area contributed by atoms with Gasteiger partial charge in [0.1, 0.15) is 6.54 Å². The smallest absolute Gasteiger partial charge is 0.234 e. The van der Waals surface area contributed by atoms with Crippen LogP contribution < -0.4 is 10.6 Å². The van der Waals surface area contributed by atoms with E-state index >= 15 is 0 Å². The molecule has 5 heteroatoms. The van der Waals surface area contributed by atoms with Crippen molar-refractivity contribution in [3.8, 4) is 6.07 Å². The van der Waals surface area contributed by atoms with Gasteiger partial charge in [0.05, 0.1) is 18.2 Å². The quantitative estimate of drug-likeness (QED) is 0.596. The van der Waals surface area contributed by atoms with E-state index in [1.807, 2.05) is 6.07 Å². The van der Waals surface area contributed by atoms with Crippen molar-refractivity contribution in [3.05, 3.63) is 0 Å². The molecule has 1 aliphatic carbocycles. The highest BCUT2D eigenvalue weighted by Gasteiger charge is 2.36. The molecule has 1 amide bonds. The molecule has 1 rings (SSSR count). The number of ether oxygens (including phenoxy) is 1. The summed E-state index contributed by atoms with van der Waals surface area (Å²) < 4.78 is 5.39. The van der Waals surface area contributed by atoms with Crippen molar-refractivity contribution in [3.63, 3.8) is 0 Å². The topological polar surface area (TPSA) is 74.2 Å². The normalized spacial score (nSPS) is 17.6. The van der Waals surface area contributed by atoms with E-state index in [0.29, 0.717) is 6.54 Å². The van der Waals surface area contributed by atoms with Crippen LogP contribution in [-0.4, -0.2) is 38.3 Å². The number of amides is 1. The van der Waals surface area contributed by atoms with Crippen LogP contribution in [0.1, 0.15) is 19.3 Å². The monoisotopic (exact) mass is 211 g/mol. The predicted molar refractivity (Wildman–Crippen MR) is 55.1 cm³/mol. The van der Waals surface area contributed by atoms with Gasteiger partial charge in [0, 0.05) is 13.7 Å². The minimum atomic E-state index is -0.151. The molecule has 15 heavy (non-hydrogen) atoms. The van der Waals surface area contributed by atoms with Gasteiger partial charge in [-0.2, -0.15) is 5.26 Å². The van der Waals surface area contributed by atoms with Gasteiger partial charge < -0.3 is 15.4 Å². The summed E-state index contributed by atoms with van der Waals surface area (Å²) in [4.78, 5) is 11.1. The maximum Gasteiger partial charge on any atom is 0.234 e. The van der Waals surface area contributed by atoms with Crippen LogP contribution in [0.5, 0.6) is 0 Å². The fourth-order valence-corrected chi connectivity index (χ4v) is 1.63. The fraction of sp³-hybridized carbons (Fsp3) is 0.800. The Bertz CT molecular complexity index is 250. The average molecular weight is 211 g/mol. The maximum atomic E-state index is 11.1. The van der Waals surface area contributed by atoms with Gasteiger partial charge in [0.2, 0.25) is 5.91 Å². The van der Waals surface area contributed by atoms with Crippen LogP contribution in [-0.2, 0) is 9.53 Å². The van der Waals surface area contributed by atoms with Crippen molar-refractivity contribution in [1.82, 2.24) is 10.6 Å². The highest BCUT2D eigenvalue weighted by atomic mass is 16.5. The minimum absolute atomic E-state index is 0.0600. The van der Waals surface area contributed by atoms with Gasteiger partial charge in [-0.3, -0.25) is 4.79 Å². The molecule has 1 fully saturated rings. The van der Waals surface area contributed by atoms with Crippen molar-refractivity contribution in [2.75, 3.05) is 26.7 Å². The first-order chi connectivity index (χ1) is 7.22. The molecular weight excluding hydrogens is 194 g/mol. The van der Waals surface area contributed by atoms with Crippen molar-refractivity contribution >= 4 is 5.91 Å². The zero-order valence-corrected chi connectivity index (χ0v) is 9.01. The standard InChI is InChI=1S/C10H17N3O2/c1-15-10(3-2-4-10)8-12-7-9(14)13-6-5-11/h12H,2-4,6-8H2,1H3,(H,13,14). The first-order valence-electron chi connectivity index (χ1n) is 5.12. The molecule has 0 bridgehead atoms. The first kappa shape index (κ1) is 12.0. The Balaban J connectivity index is 2.10. The molecule has 0 unspecified atom stereocenters. The molecule has 5 nitrogen and oxygen atoms in total. The Morgan fingerprint density at radius 3 is 2.80 bits per heavy atom. The number of methoxy groups -OCH3 is 1. The molecule has 1 aliphatic rings. The van der Waals surface area contributed by atoms with Crippen LogP contribution in [0.2, 0.25) is 0 Å². The summed E-state index contributed by atoms with van der Waals surface area (Å²) in [5.74, 6) is -0.151. The molecule has 1 saturated carbocycles. The summed E-state index contributed by atoms with van der Waals surface area (Å²) in [5, 5.41) is 13.8. The van der Waals surface area contributed by atoms with E-state index in [1.165, 1.54) is 6.42 Å². The third-order valence-electron chi connectivity index (χ3n) is 2.80. The van der Waals surface area contributed by atoms with Gasteiger partial charge in [-0.1, -0.05) is 0 Å². The lowest BCUT2D eigenvalue weighted by Gasteiger charge is -2.40. The summed E-state index contributed by atoms with van der Waals surface area (Å²) >= 11 is 0. The molecule has 0 spiro atoms. The number of hydrogen-bond acceptors (Lipinski definition) is 4. The number of carbonyl (C=O) groups excluding carboxylic acids is 1. The molecule has 0 atom stereocenters. The molecule has 2 N–H and O–H groups in total. The Kier molecular flexibility index (Phi) is 4.53. The van der Waals surface area contributed by atoms with Crippen molar-refractivity contribution in [2.24, 2.45) is 0 Å². The van der Waals surface area contributed by atoms with Crippen LogP contribution in [0.3, 0.4) is 0 Å². The van der Waals surface area contributed by atoms with Gasteiger partial charge in [-0.25, -0.2) is 0 Å². The summed E-state index contributed by atoms with van der Waals surface area (Å²) in [5.41, 5.74) is -0.0600. The van der Waals surface area contributed by atoms with E-state index in [4.69, 9.17) is 10.00 Å². The minimum Gasteiger partial charge on any atom is -0.377 e. The Morgan fingerprint density at radius 2 is 2.33 bits per heavy atom. The second kappa shape index (κ2) is 5.69. The van der Waals surface area contributed by atoms with Crippen molar-refractivity contribution in [2.45, 2.75) is 24.9 Å². The van der Waals surface area contributed by atoms with Crippen molar-refractivity contribution in [1.29, 1.82) is 5.26 Å². The van der Waals surface area contributed by atoms with Crippen LogP contribution >= 0.6 is 0 Å². The molecule has 0 aromatic heterocycles. The zero-order valence-electron chi connectivity index (χ0n) is 9.01. The molecular formula is C10H17N3O2. The highest BCUT2D eigenvalue weighted by molar-refractivity contribution is 5.78. The number of nitrogens with one attached hydrogen (secondary N) is 2. The number of nitriles is 1. The van der Waals surface area contributed by atoms with E-state index < -0.39 is 0 Å². The number of hydrogen-bond donors (Lipinski definition) is 2. The lowest BCUT2D eigenvalue weighted by Crippen LogP contribution is -2.49. The molecule has 0 aromatic rings. The summed E-state index contributed by atoms with van der Waals surface area (Å²) in [7, 11) is 1.70. The van der Waals surface area contributed by atoms with Gasteiger partial charge in [-0.05, 0) is 19.3 Å². The summed E-state index contributed by atoms with van der Waals surface area (Å²) in [6.45, 7) is 1.01.